The molecule has 0 aliphatic rings. The van der Waals surface area contributed by atoms with Gasteiger partial charge in [-0.25, -0.2) is 8.78 Å². The van der Waals surface area contributed by atoms with Crippen molar-refractivity contribution in [1.29, 1.82) is 0 Å². The van der Waals surface area contributed by atoms with Crippen molar-refractivity contribution in [3.63, 3.8) is 0 Å². The van der Waals surface area contributed by atoms with Crippen molar-refractivity contribution in [2.24, 2.45) is 0 Å². The minimum atomic E-state index is -2.93. The Morgan fingerprint density at radius 3 is 2.46 bits per heavy atom. The molecule has 132 valence electrons. The number of halogens is 4. The Morgan fingerprint density at radius 1 is 0.962 bits per heavy atom. The summed E-state index contributed by atoms with van der Waals surface area (Å²) in [6.07, 6.45) is 4.22. The van der Waals surface area contributed by atoms with Crippen LogP contribution < -0.4 is 0 Å². The van der Waals surface area contributed by atoms with E-state index < -0.39 is 18.2 Å². The van der Waals surface area contributed by atoms with Crippen LogP contribution in [0.5, 0.6) is 0 Å². The van der Waals surface area contributed by atoms with Crippen LogP contribution in [-0.4, -0.2) is 14.5 Å². The van der Waals surface area contributed by atoms with Crippen LogP contribution in [0.25, 0.3) is 32.9 Å². The zero-order valence-corrected chi connectivity index (χ0v) is 13.7. The van der Waals surface area contributed by atoms with E-state index in [0.29, 0.717) is 38.6 Å². The summed E-state index contributed by atoms with van der Waals surface area (Å²) in [6.45, 7) is -1.14. The predicted octanol–water partition coefficient (Wildman–Crippen LogP) is 5.49. The SMILES string of the molecule is CCc1ncc(-c2ccc3c4cncc(F)c4n(C(F)F)c3c2)cc1F. The maximum atomic E-state index is 14.1. The van der Waals surface area contributed by atoms with Crippen LogP contribution in [0, 0.1) is 11.6 Å². The molecule has 0 bridgehead atoms. The Bertz CT molecular complexity index is 1130. The number of pyridine rings is 2. The molecular weight excluding hydrogens is 346 g/mol. The summed E-state index contributed by atoms with van der Waals surface area (Å²) in [6, 6.07) is 6.09. The number of aromatic nitrogens is 3. The van der Waals surface area contributed by atoms with Crippen molar-refractivity contribution in [2.75, 3.05) is 0 Å². The summed E-state index contributed by atoms with van der Waals surface area (Å²) < 4.78 is 56.1. The lowest BCUT2D eigenvalue weighted by Gasteiger charge is -2.08. The van der Waals surface area contributed by atoms with E-state index in [2.05, 4.69) is 9.97 Å². The van der Waals surface area contributed by atoms with Gasteiger partial charge in [0.1, 0.15) is 5.82 Å². The van der Waals surface area contributed by atoms with Crippen LogP contribution in [-0.2, 0) is 6.42 Å². The molecule has 0 N–H and O–H groups in total. The standard InChI is InChI=1S/C19H13F4N3/c1-2-16-14(20)5-11(7-25-16)10-3-4-12-13-8-24-9-15(21)18(13)26(19(22)23)17(12)6-10/h3-9,19H,2H2,1H3. The molecule has 0 saturated carbocycles. The van der Waals surface area contributed by atoms with E-state index in [1.54, 1.807) is 19.1 Å². The molecular formula is C19H13F4N3. The fraction of sp³-hybridized carbons (Fsp3) is 0.158. The molecule has 0 aliphatic carbocycles. The second-order valence-corrected chi connectivity index (χ2v) is 5.90. The van der Waals surface area contributed by atoms with Crippen molar-refractivity contribution in [2.45, 2.75) is 19.9 Å². The molecule has 7 heteroatoms. The highest BCUT2D eigenvalue weighted by Crippen LogP contribution is 2.36. The first-order chi connectivity index (χ1) is 12.5. The molecule has 3 aromatic heterocycles. The van der Waals surface area contributed by atoms with Crippen LogP contribution in [0.4, 0.5) is 17.6 Å². The number of aryl methyl sites for hydroxylation is 1. The van der Waals surface area contributed by atoms with Crippen molar-refractivity contribution in [3.05, 3.63) is 60.2 Å². The average Bonchev–Trinajstić information content (AvgIpc) is 2.97. The minimum Gasteiger partial charge on any atom is -0.281 e. The number of hydrogen-bond acceptors (Lipinski definition) is 2. The Hall–Kier alpha value is -2.96. The molecule has 0 amide bonds. The number of alkyl halides is 2. The van der Waals surface area contributed by atoms with E-state index in [1.165, 1.54) is 24.5 Å². The van der Waals surface area contributed by atoms with Gasteiger partial charge in [-0.05, 0) is 24.1 Å². The highest BCUT2D eigenvalue weighted by Gasteiger charge is 2.20. The smallest absolute Gasteiger partial charge is 0.281 e. The lowest BCUT2D eigenvalue weighted by Crippen LogP contribution is -1.99. The molecule has 0 atom stereocenters. The highest BCUT2D eigenvalue weighted by molar-refractivity contribution is 6.08. The quantitative estimate of drug-likeness (QED) is 0.453. The number of rotatable bonds is 3. The molecule has 4 aromatic rings. The number of fused-ring (bicyclic) bond motifs is 3. The second kappa shape index (κ2) is 6.09. The fourth-order valence-electron chi connectivity index (χ4n) is 3.22. The molecule has 26 heavy (non-hydrogen) atoms. The van der Waals surface area contributed by atoms with E-state index in [9.17, 15) is 17.6 Å². The second-order valence-electron chi connectivity index (χ2n) is 5.90. The van der Waals surface area contributed by atoms with E-state index in [1.807, 2.05) is 0 Å². The van der Waals surface area contributed by atoms with Crippen molar-refractivity contribution < 1.29 is 17.6 Å². The van der Waals surface area contributed by atoms with Gasteiger partial charge in [0.05, 0.1) is 22.9 Å². The summed E-state index contributed by atoms with van der Waals surface area (Å²) in [4.78, 5) is 7.82. The van der Waals surface area contributed by atoms with E-state index in [4.69, 9.17) is 0 Å². The number of nitrogens with zero attached hydrogens (tertiary/aromatic N) is 3. The molecule has 0 fully saturated rings. The molecule has 4 rings (SSSR count). The zero-order chi connectivity index (χ0) is 18.4. The normalized spacial score (nSPS) is 11.8. The predicted molar refractivity (Wildman–Crippen MR) is 91.0 cm³/mol. The van der Waals surface area contributed by atoms with Crippen LogP contribution in [0.2, 0.25) is 0 Å². The maximum Gasteiger partial charge on any atom is 0.319 e. The zero-order valence-electron chi connectivity index (χ0n) is 13.7. The van der Waals surface area contributed by atoms with Crippen molar-refractivity contribution in [3.8, 4) is 11.1 Å². The van der Waals surface area contributed by atoms with Gasteiger partial charge in [-0.15, -0.1) is 0 Å². The molecule has 0 aliphatic heterocycles. The monoisotopic (exact) mass is 359 g/mol. The third-order valence-corrected chi connectivity index (χ3v) is 4.44. The Balaban J connectivity index is 2.00. The summed E-state index contributed by atoms with van der Waals surface area (Å²) in [5.74, 6) is -1.27. The maximum absolute atomic E-state index is 14.1. The van der Waals surface area contributed by atoms with Gasteiger partial charge < -0.3 is 0 Å². The first-order valence-corrected chi connectivity index (χ1v) is 8.01. The van der Waals surface area contributed by atoms with Gasteiger partial charge in [-0.3, -0.25) is 14.5 Å². The molecule has 0 spiro atoms. The Morgan fingerprint density at radius 2 is 1.77 bits per heavy atom. The van der Waals surface area contributed by atoms with Gasteiger partial charge in [-0.2, -0.15) is 8.78 Å². The topological polar surface area (TPSA) is 30.7 Å². The van der Waals surface area contributed by atoms with Crippen LogP contribution >= 0.6 is 0 Å². The molecule has 0 radical (unpaired) electrons. The lowest BCUT2D eigenvalue weighted by molar-refractivity contribution is 0.0791. The first-order valence-electron chi connectivity index (χ1n) is 8.01. The summed E-state index contributed by atoms with van der Waals surface area (Å²) in [5.41, 5.74) is 1.27. The molecule has 3 nitrogen and oxygen atoms in total. The largest absolute Gasteiger partial charge is 0.319 e. The Labute approximate surface area is 145 Å². The average molecular weight is 359 g/mol. The summed E-state index contributed by atoms with van der Waals surface area (Å²) in [5, 5.41) is 0.757. The van der Waals surface area contributed by atoms with E-state index >= 15 is 0 Å². The van der Waals surface area contributed by atoms with Gasteiger partial charge in [0, 0.05) is 28.7 Å². The fourth-order valence-corrected chi connectivity index (χ4v) is 3.22. The first kappa shape index (κ1) is 16.5. The lowest BCUT2D eigenvalue weighted by atomic mass is 10.0. The minimum absolute atomic E-state index is 0.152. The van der Waals surface area contributed by atoms with E-state index in [-0.39, 0.29) is 11.0 Å². The van der Waals surface area contributed by atoms with Gasteiger partial charge in [-0.1, -0.05) is 19.1 Å². The van der Waals surface area contributed by atoms with Crippen LogP contribution in [0.3, 0.4) is 0 Å². The third-order valence-electron chi connectivity index (χ3n) is 4.44. The van der Waals surface area contributed by atoms with Gasteiger partial charge in [0.25, 0.3) is 0 Å². The van der Waals surface area contributed by atoms with Gasteiger partial charge >= 0.3 is 6.55 Å². The molecule has 3 heterocycles. The van der Waals surface area contributed by atoms with Crippen molar-refractivity contribution >= 4 is 21.8 Å². The molecule has 0 saturated heterocycles. The highest BCUT2D eigenvalue weighted by atomic mass is 19.3. The summed E-state index contributed by atoms with van der Waals surface area (Å²) in [7, 11) is 0. The summed E-state index contributed by atoms with van der Waals surface area (Å²) >= 11 is 0. The van der Waals surface area contributed by atoms with Crippen LogP contribution in [0.1, 0.15) is 19.2 Å². The van der Waals surface area contributed by atoms with Gasteiger partial charge in [0.2, 0.25) is 0 Å². The molecule has 0 unspecified atom stereocenters. The Kier molecular flexibility index (Phi) is 3.86. The third kappa shape index (κ3) is 2.42. The number of hydrogen-bond donors (Lipinski definition) is 0. The van der Waals surface area contributed by atoms with E-state index in [0.717, 1.165) is 6.20 Å². The van der Waals surface area contributed by atoms with Crippen molar-refractivity contribution in [1.82, 2.24) is 14.5 Å². The molecule has 1 aromatic carbocycles. The van der Waals surface area contributed by atoms with Gasteiger partial charge in [0.15, 0.2) is 5.82 Å². The van der Waals surface area contributed by atoms with Crippen LogP contribution in [0.15, 0.2) is 42.9 Å². The number of benzene rings is 1.